The number of phenols is 1. The molecule has 0 aliphatic carbocycles. The zero-order valence-electron chi connectivity index (χ0n) is 15.4. The number of carbonyl (C=O) groups excluding carboxylic acids is 1. The summed E-state index contributed by atoms with van der Waals surface area (Å²) in [7, 11) is 0. The van der Waals surface area contributed by atoms with Crippen LogP contribution in [0.1, 0.15) is 64.7 Å². The van der Waals surface area contributed by atoms with E-state index in [2.05, 4.69) is 6.58 Å². The maximum absolute atomic E-state index is 11.0. The second kappa shape index (κ2) is 13.3. The van der Waals surface area contributed by atoms with Crippen molar-refractivity contribution in [3.8, 4) is 11.5 Å². The molecule has 0 bridgehead atoms. The molecule has 0 saturated heterocycles. The van der Waals surface area contributed by atoms with Crippen LogP contribution in [-0.4, -0.2) is 23.8 Å². The third kappa shape index (κ3) is 11.2. The summed E-state index contributed by atoms with van der Waals surface area (Å²) in [6, 6.07) is 6.92. The van der Waals surface area contributed by atoms with E-state index in [1.165, 1.54) is 44.6 Å². The van der Waals surface area contributed by atoms with Crippen molar-refractivity contribution in [2.24, 2.45) is 0 Å². The van der Waals surface area contributed by atoms with Gasteiger partial charge in [-0.05, 0) is 38.3 Å². The molecular weight excluding hydrogens is 316 g/mol. The van der Waals surface area contributed by atoms with Gasteiger partial charge in [0.05, 0.1) is 12.7 Å². The van der Waals surface area contributed by atoms with Crippen molar-refractivity contribution < 1.29 is 19.4 Å². The molecule has 1 aromatic rings. The Morgan fingerprint density at radius 2 is 1.76 bits per heavy atom. The van der Waals surface area contributed by atoms with Crippen LogP contribution < -0.4 is 4.74 Å². The molecule has 0 aliphatic rings. The third-order valence-electron chi connectivity index (χ3n) is 4.08. The van der Waals surface area contributed by atoms with Gasteiger partial charge in [-0.3, -0.25) is 0 Å². The maximum Gasteiger partial charge on any atom is 0.330 e. The Hall–Kier alpha value is -1.97. The number of hydrogen-bond acceptors (Lipinski definition) is 4. The van der Waals surface area contributed by atoms with Crippen LogP contribution in [-0.2, 0) is 9.53 Å². The lowest BCUT2D eigenvalue weighted by atomic mass is 10.1. The van der Waals surface area contributed by atoms with E-state index < -0.39 is 0 Å². The van der Waals surface area contributed by atoms with Crippen molar-refractivity contribution in [1.29, 1.82) is 0 Å². The second-order valence-electron chi connectivity index (χ2n) is 6.41. The largest absolute Gasteiger partial charge is 0.508 e. The first-order valence-corrected chi connectivity index (χ1v) is 9.36. The van der Waals surface area contributed by atoms with Gasteiger partial charge in [0.25, 0.3) is 0 Å². The summed E-state index contributed by atoms with van der Waals surface area (Å²) in [5, 5.41) is 9.35. The van der Waals surface area contributed by atoms with Crippen LogP contribution in [0.25, 0.3) is 0 Å². The third-order valence-corrected chi connectivity index (χ3v) is 4.08. The highest BCUT2D eigenvalue weighted by atomic mass is 16.5. The minimum atomic E-state index is -0.333. The molecule has 0 aliphatic heterocycles. The molecule has 1 aromatic carbocycles. The Labute approximate surface area is 151 Å². The molecule has 0 amide bonds. The molecular formula is C21H32O4. The minimum absolute atomic E-state index is 0.0166. The van der Waals surface area contributed by atoms with E-state index in [-0.39, 0.29) is 17.8 Å². The number of benzene rings is 1. The molecule has 4 heteroatoms. The lowest BCUT2D eigenvalue weighted by Gasteiger charge is -2.11. The fraction of sp³-hybridized carbons (Fsp3) is 0.571. The summed E-state index contributed by atoms with van der Waals surface area (Å²) in [6.07, 6.45) is 11.6. The summed E-state index contributed by atoms with van der Waals surface area (Å²) in [5.41, 5.74) is 0. The zero-order chi connectivity index (χ0) is 18.3. The summed E-state index contributed by atoms with van der Waals surface area (Å²) < 4.78 is 10.7. The molecule has 1 atom stereocenters. The first kappa shape index (κ1) is 21.1. The number of carbonyl (C=O) groups is 1. The van der Waals surface area contributed by atoms with Gasteiger partial charge >= 0.3 is 5.97 Å². The first-order chi connectivity index (χ1) is 12.1. The molecule has 140 valence electrons. The van der Waals surface area contributed by atoms with E-state index >= 15 is 0 Å². The highest BCUT2D eigenvalue weighted by Gasteiger charge is 2.05. The van der Waals surface area contributed by atoms with Gasteiger partial charge in [0.2, 0.25) is 0 Å². The van der Waals surface area contributed by atoms with Crippen molar-refractivity contribution in [3.63, 3.8) is 0 Å². The van der Waals surface area contributed by atoms with Gasteiger partial charge in [-0.15, -0.1) is 0 Å². The lowest BCUT2D eigenvalue weighted by Crippen LogP contribution is -2.12. The predicted molar refractivity (Wildman–Crippen MR) is 101 cm³/mol. The second-order valence-corrected chi connectivity index (χ2v) is 6.41. The van der Waals surface area contributed by atoms with E-state index in [4.69, 9.17) is 9.47 Å². The number of ether oxygens (including phenoxy) is 2. The number of rotatable bonds is 14. The first-order valence-electron chi connectivity index (χ1n) is 9.36. The van der Waals surface area contributed by atoms with Gasteiger partial charge in [0, 0.05) is 12.1 Å². The Kier molecular flexibility index (Phi) is 11.2. The molecule has 1 rings (SSSR count). The lowest BCUT2D eigenvalue weighted by molar-refractivity contribution is -0.142. The summed E-state index contributed by atoms with van der Waals surface area (Å²) in [5.74, 6) is 0.638. The molecule has 1 unspecified atom stereocenters. The molecule has 0 saturated carbocycles. The number of esters is 1. The highest BCUT2D eigenvalue weighted by molar-refractivity contribution is 5.81. The zero-order valence-corrected chi connectivity index (χ0v) is 15.4. The molecule has 0 fully saturated rings. The van der Waals surface area contributed by atoms with Crippen LogP contribution in [0.15, 0.2) is 36.9 Å². The Morgan fingerprint density at radius 1 is 1.12 bits per heavy atom. The molecule has 25 heavy (non-hydrogen) atoms. The average molecular weight is 348 g/mol. The number of unbranched alkanes of at least 4 members (excludes halogenated alkanes) is 7. The van der Waals surface area contributed by atoms with Crippen molar-refractivity contribution in [1.82, 2.24) is 0 Å². The van der Waals surface area contributed by atoms with E-state index in [1.54, 1.807) is 18.2 Å². The van der Waals surface area contributed by atoms with Gasteiger partial charge in [0.15, 0.2) is 0 Å². The topological polar surface area (TPSA) is 55.8 Å². The average Bonchev–Trinajstić information content (AvgIpc) is 2.59. The van der Waals surface area contributed by atoms with Gasteiger partial charge in [-0.25, -0.2) is 4.79 Å². The SMILES string of the molecule is C=CC(=O)OC(C)CCCCCCCCCCOc1cccc(O)c1. The van der Waals surface area contributed by atoms with Crippen molar-refractivity contribution in [2.75, 3.05) is 6.61 Å². The van der Waals surface area contributed by atoms with E-state index in [1.807, 2.05) is 13.0 Å². The summed E-state index contributed by atoms with van der Waals surface area (Å²) >= 11 is 0. The highest BCUT2D eigenvalue weighted by Crippen LogP contribution is 2.18. The van der Waals surface area contributed by atoms with Crippen LogP contribution >= 0.6 is 0 Å². The van der Waals surface area contributed by atoms with Crippen molar-refractivity contribution >= 4 is 5.97 Å². The normalized spacial score (nSPS) is 11.7. The van der Waals surface area contributed by atoms with Crippen molar-refractivity contribution in [2.45, 2.75) is 70.8 Å². The minimum Gasteiger partial charge on any atom is -0.508 e. The summed E-state index contributed by atoms with van der Waals surface area (Å²) in [4.78, 5) is 11.0. The Balaban J connectivity index is 1.86. The van der Waals surface area contributed by atoms with Crippen LogP contribution in [0.3, 0.4) is 0 Å². The molecule has 0 aromatic heterocycles. The fourth-order valence-electron chi connectivity index (χ4n) is 2.66. The fourth-order valence-corrected chi connectivity index (χ4v) is 2.66. The number of aromatic hydroxyl groups is 1. The standard InChI is InChI=1S/C21H32O4/c1-3-21(23)25-18(2)13-10-8-6-4-5-7-9-11-16-24-20-15-12-14-19(22)17-20/h3,12,14-15,17-18,22H,1,4-11,13,16H2,2H3. The molecule has 4 nitrogen and oxygen atoms in total. The van der Waals surface area contributed by atoms with Crippen LogP contribution in [0, 0.1) is 0 Å². The Bertz CT molecular complexity index is 498. The number of hydrogen-bond donors (Lipinski definition) is 1. The predicted octanol–water partition coefficient (Wildman–Crippen LogP) is 5.40. The van der Waals surface area contributed by atoms with E-state index in [0.29, 0.717) is 6.61 Å². The smallest absolute Gasteiger partial charge is 0.330 e. The van der Waals surface area contributed by atoms with Gasteiger partial charge in [0.1, 0.15) is 11.5 Å². The van der Waals surface area contributed by atoms with Gasteiger partial charge in [-0.2, -0.15) is 0 Å². The van der Waals surface area contributed by atoms with E-state index in [9.17, 15) is 9.90 Å². The maximum atomic E-state index is 11.0. The molecule has 0 radical (unpaired) electrons. The molecule has 0 heterocycles. The van der Waals surface area contributed by atoms with Crippen LogP contribution in [0.4, 0.5) is 0 Å². The van der Waals surface area contributed by atoms with Gasteiger partial charge < -0.3 is 14.6 Å². The van der Waals surface area contributed by atoms with Crippen molar-refractivity contribution in [3.05, 3.63) is 36.9 Å². The quantitative estimate of drug-likeness (QED) is 0.278. The summed E-state index contributed by atoms with van der Waals surface area (Å²) in [6.45, 7) is 6.03. The molecule has 0 spiro atoms. The van der Waals surface area contributed by atoms with E-state index in [0.717, 1.165) is 25.0 Å². The van der Waals surface area contributed by atoms with Crippen LogP contribution in [0.5, 0.6) is 11.5 Å². The van der Waals surface area contributed by atoms with Crippen LogP contribution in [0.2, 0.25) is 0 Å². The van der Waals surface area contributed by atoms with Gasteiger partial charge in [-0.1, -0.05) is 51.2 Å². The Morgan fingerprint density at radius 3 is 2.40 bits per heavy atom. The number of phenolic OH excluding ortho intramolecular Hbond substituents is 1. The molecule has 1 N–H and O–H groups in total. The monoisotopic (exact) mass is 348 g/mol.